The van der Waals surface area contributed by atoms with Crippen molar-refractivity contribution in [3.63, 3.8) is 0 Å². The van der Waals surface area contributed by atoms with Crippen LogP contribution < -0.4 is 5.32 Å². The van der Waals surface area contributed by atoms with Gasteiger partial charge in [-0.1, -0.05) is 6.92 Å². The van der Waals surface area contributed by atoms with Crippen molar-refractivity contribution in [3.8, 4) is 0 Å². The quantitative estimate of drug-likeness (QED) is 0.752. The van der Waals surface area contributed by atoms with Crippen LogP contribution in [0.1, 0.15) is 46.5 Å². The Kier molecular flexibility index (Phi) is 3.09. The molecule has 1 N–H and O–H groups in total. The monoisotopic (exact) mass is 210 g/mol. The molecule has 88 valence electrons. The Bertz CT molecular complexity index is 217. The Morgan fingerprint density at radius 1 is 1.33 bits per heavy atom. The molecule has 2 saturated heterocycles. The van der Waals surface area contributed by atoms with E-state index in [4.69, 9.17) is 0 Å². The van der Waals surface area contributed by atoms with Gasteiger partial charge in [-0.15, -0.1) is 0 Å². The number of nitrogens with zero attached hydrogens (tertiary/aromatic N) is 1. The van der Waals surface area contributed by atoms with E-state index in [9.17, 15) is 0 Å². The molecule has 2 aliphatic rings. The second kappa shape index (κ2) is 4.06. The maximum Gasteiger partial charge on any atom is 0.0150 e. The van der Waals surface area contributed by atoms with Crippen LogP contribution in [0, 0.1) is 5.41 Å². The van der Waals surface area contributed by atoms with E-state index in [0.29, 0.717) is 11.0 Å². The summed E-state index contributed by atoms with van der Waals surface area (Å²) in [5, 5.41) is 3.58. The summed E-state index contributed by atoms with van der Waals surface area (Å²) in [4.78, 5) is 2.71. The minimum Gasteiger partial charge on any atom is -0.316 e. The van der Waals surface area contributed by atoms with Crippen LogP contribution in [0.3, 0.4) is 0 Å². The minimum absolute atomic E-state index is 0.404. The molecule has 0 aliphatic carbocycles. The molecular formula is C13H26N2. The second-order valence-corrected chi connectivity index (χ2v) is 6.12. The van der Waals surface area contributed by atoms with Crippen molar-refractivity contribution < 1.29 is 0 Å². The van der Waals surface area contributed by atoms with Crippen LogP contribution in [0.15, 0.2) is 0 Å². The lowest BCUT2D eigenvalue weighted by Gasteiger charge is -2.38. The van der Waals surface area contributed by atoms with Gasteiger partial charge in [-0.3, -0.25) is 4.90 Å². The average molecular weight is 210 g/mol. The molecule has 0 aromatic heterocycles. The molecule has 0 amide bonds. The third kappa shape index (κ3) is 2.21. The molecule has 2 rings (SSSR count). The summed E-state index contributed by atoms with van der Waals surface area (Å²) in [6, 6.07) is 0. The van der Waals surface area contributed by atoms with Crippen molar-refractivity contribution in [1.29, 1.82) is 0 Å². The smallest absolute Gasteiger partial charge is 0.0150 e. The zero-order valence-corrected chi connectivity index (χ0v) is 10.6. The maximum atomic E-state index is 3.58. The van der Waals surface area contributed by atoms with Gasteiger partial charge in [0, 0.05) is 18.6 Å². The first-order chi connectivity index (χ1) is 7.08. The van der Waals surface area contributed by atoms with E-state index in [1.54, 1.807) is 0 Å². The summed E-state index contributed by atoms with van der Waals surface area (Å²) < 4.78 is 0. The van der Waals surface area contributed by atoms with E-state index in [1.165, 1.54) is 51.9 Å². The highest BCUT2D eigenvalue weighted by Crippen LogP contribution is 2.39. The molecule has 1 spiro atoms. The third-order valence-electron chi connectivity index (χ3n) is 4.72. The molecule has 2 heteroatoms. The first kappa shape index (κ1) is 11.4. The van der Waals surface area contributed by atoms with Gasteiger partial charge in [-0.25, -0.2) is 0 Å². The van der Waals surface area contributed by atoms with Crippen LogP contribution in [0.5, 0.6) is 0 Å². The molecule has 2 nitrogen and oxygen atoms in total. The highest BCUT2D eigenvalue weighted by molar-refractivity contribution is 4.97. The molecule has 0 saturated carbocycles. The van der Waals surface area contributed by atoms with Crippen LogP contribution in [-0.4, -0.2) is 36.6 Å². The number of piperidine rings is 1. The lowest BCUT2D eigenvalue weighted by Crippen LogP contribution is -2.46. The Balaban J connectivity index is 1.99. The van der Waals surface area contributed by atoms with Crippen molar-refractivity contribution in [2.24, 2.45) is 5.41 Å². The van der Waals surface area contributed by atoms with Crippen LogP contribution in [0.25, 0.3) is 0 Å². The largest absolute Gasteiger partial charge is 0.316 e. The number of rotatable bonds is 2. The van der Waals surface area contributed by atoms with Gasteiger partial charge in [0.1, 0.15) is 0 Å². The fraction of sp³-hybridized carbons (Fsp3) is 1.00. The Morgan fingerprint density at radius 2 is 2.13 bits per heavy atom. The summed E-state index contributed by atoms with van der Waals surface area (Å²) >= 11 is 0. The van der Waals surface area contributed by atoms with Crippen LogP contribution in [-0.2, 0) is 0 Å². The van der Waals surface area contributed by atoms with E-state index in [2.05, 4.69) is 31.0 Å². The molecule has 15 heavy (non-hydrogen) atoms. The Hall–Kier alpha value is -0.0800. The Morgan fingerprint density at radius 3 is 2.73 bits per heavy atom. The molecule has 0 radical (unpaired) electrons. The highest BCUT2D eigenvalue weighted by Gasteiger charge is 2.42. The third-order valence-corrected chi connectivity index (χ3v) is 4.72. The second-order valence-electron chi connectivity index (χ2n) is 6.12. The summed E-state index contributed by atoms with van der Waals surface area (Å²) in [6.07, 6.45) is 5.48. The van der Waals surface area contributed by atoms with Gasteiger partial charge >= 0.3 is 0 Å². The SMILES string of the molecule is CCC(C)(C)N1CCC2(CCCNC2)C1. The summed E-state index contributed by atoms with van der Waals surface area (Å²) in [5.41, 5.74) is 1.02. The first-order valence-corrected chi connectivity index (χ1v) is 6.54. The van der Waals surface area contributed by atoms with Gasteiger partial charge < -0.3 is 5.32 Å². The minimum atomic E-state index is 0.404. The predicted molar refractivity (Wildman–Crippen MR) is 65.1 cm³/mol. The fourth-order valence-electron chi connectivity index (χ4n) is 3.05. The first-order valence-electron chi connectivity index (χ1n) is 6.54. The van der Waals surface area contributed by atoms with E-state index in [0.717, 1.165) is 0 Å². The molecule has 2 aliphatic heterocycles. The van der Waals surface area contributed by atoms with Gasteiger partial charge in [0.25, 0.3) is 0 Å². The van der Waals surface area contributed by atoms with E-state index >= 15 is 0 Å². The lowest BCUT2D eigenvalue weighted by atomic mass is 9.80. The average Bonchev–Trinajstić information content (AvgIpc) is 2.64. The van der Waals surface area contributed by atoms with E-state index < -0.39 is 0 Å². The van der Waals surface area contributed by atoms with Gasteiger partial charge in [-0.2, -0.15) is 0 Å². The fourth-order valence-corrected chi connectivity index (χ4v) is 3.05. The lowest BCUT2D eigenvalue weighted by molar-refractivity contribution is 0.117. The van der Waals surface area contributed by atoms with Crippen LogP contribution in [0.2, 0.25) is 0 Å². The van der Waals surface area contributed by atoms with Gasteiger partial charge in [0.05, 0.1) is 0 Å². The van der Waals surface area contributed by atoms with Crippen molar-refractivity contribution in [2.45, 2.75) is 52.0 Å². The molecule has 1 unspecified atom stereocenters. The molecule has 0 aromatic carbocycles. The number of likely N-dealkylation sites (tertiary alicyclic amines) is 1. The molecule has 2 fully saturated rings. The van der Waals surface area contributed by atoms with Gasteiger partial charge in [-0.05, 0) is 58.0 Å². The molecule has 0 aromatic rings. The number of hydrogen-bond donors (Lipinski definition) is 1. The van der Waals surface area contributed by atoms with Gasteiger partial charge in [0.15, 0.2) is 0 Å². The van der Waals surface area contributed by atoms with Gasteiger partial charge in [0.2, 0.25) is 0 Å². The molecule has 1 atom stereocenters. The van der Waals surface area contributed by atoms with Crippen LogP contribution in [0.4, 0.5) is 0 Å². The zero-order chi connectivity index (χ0) is 10.9. The molecular weight excluding hydrogens is 184 g/mol. The maximum absolute atomic E-state index is 3.58. The normalized spacial score (nSPS) is 33.8. The summed E-state index contributed by atoms with van der Waals surface area (Å²) in [7, 11) is 0. The summed E-state index contributed by atoms with van der Waals surface area (Å²) in [6.45, 7) is 12.2. The predicted octanol–water partition coefficient (Wildman–Crippen LogP) is 2.25. The van der Waals surface area contributed by atoms with Crippen molar-refractivity contribution >= 4 is 0 Å². The highest BCUT2D eigenvalue weighted by atomic mass is 15.2. The molecule has 0 bridgehead atoms. The molecule has 2 heterocycles. The van der Waals surface area contributed by atoms with Crippen LogP contribution >= 0.6 is 0 Å². The topological polar surface area (TPSA) is 15.3 Å². The van der Waals surface area contributed by atoms with Crippen molar-refractivity contribution in [1.82, 2.24) is 10.2 Å². The van der Waals surface area contributed by atoms with Crippen molar-refractivity contribution in [2.75, 3.05) is 26.2 Å². The zero-order valence-electron chi connectivity index (χ0n) is 10.6. The number of hydrogen-bond acceptors (Lipinski definition) is 2. The van der Waals surface area contributed by atoms with E-state index in [1.807, 2.05) is 0 Å². The summed E-state index contributed by atoms with van der Waals surface area (Å²) in [5.74, 6) is 0. The number of nitrogens with one attached hydrogen (secondary N) is 1. The Labute approximate surface area is 94.4 Å². The van der Waals surface area contributed by atoms with Crippen molar-refractivity contribution in [3.05, 3.63) is 0 Å². The van der Waals surface area contributed by atoms with E-state index in [-0.39, 0.29) is 0 Å². The standard InChI is InChI=1S/C13H26N2/c1-4-12(2,3)15-9-7-13(11-15)6-5-8-14-10-13/h14H,4-11H2,1-3H3.